The molecule has 0 spiro atoms. The third-order valence-corrected chi connectivity index (χ3v) is 2.89. The van der Waals surface area contributed by atoms with Crippen molar-refractivity contribution in [3.63, 3.8) is 0 Å². The smallest absolute Gasteiger partial charge is 0.322 e. The quantitative estimate of drug-likeness (QED) is 0.593. The van der Waals surface area contributed by atoms with Gasteiger partial charge in [-0.15, -0.1) is 5.23 Å². The highest BCUT2D eigenvalue weighted by Crippen LogP contribution is 2.34. The molecule has 0 saturated carbocycles. The second-order valence-corrected chi connectivity index (χ2v) is 4.48. The van der Waals surface area contributed by atoms with Crippen LogP contribution in [0.3, 0.4) is 0 Å². The second kappa shape index (κ2) is 6.23. The molecule has 122 valence electrons. The molecule has 9 heteroatoms. The van der Waals surface area contributed by atoms with Gasteiger partial charge in [0.1, 0.15) is 5.82 Å². The summed E-state index contributed by atoms with van der Waals surface area (Å²) in [5.74, 6) is -1.70. The summed E-state index contributed by atoms with van der Waals surface area (Å²) >= 11 is 0. The van der Waals surface area contributed by atoms with E-state index in [4.69, 9.17) is 10.4 Å². The number of amides is 1. The Morgan fingerprint density at radius 1 is 1.04 bits per heavy atom. The van der Waals surface area contributed by atoms with E-state index in [2.05, 4.69) is 5.32 Å². The van der Waals surface area contributed by atoms with Crippen LogP contribution in [-0.2, 0) is 6.18 Å². The van der Waals surface area contributed by atoms with Crippen molar-refractivity contribution in [3.05, 3.63) is 59.4 Å². The molecule has 0 unspecified atom stereocenters. The summed E-state index contributed by atoms with van der Waals surface area (Å²) in [6.07, 6.45) is -4.82. The number of anilines is 2. The van der Waals surface area contributed by atoms with E-state index in [0.717, 1.165) is 18.2 Å². The Hall–Kier alpha value is -2.65. The normalized spacial score (nSPS) is 11.2. The number of alkyl halides is 3. The van der Waals surface area contributed by atoms with E-state index in [0.29, 0.717) is 12.1 Å². The van der Waals surface area contributed by atoms with Gasteiger partial charge in [-0.05, 0) is 42.5 Å². The van der Waals surface area contributed by atoms with Crippen LogP contribution in [0.1, 0.15) is 15.9 Å². The first kappa shape index (κ1) is 16.7. The Balaban J connectivity index is 2.40. The number of halogens is 4. The van der Waals surface area contributed by atoms with E-state index in [9.17, 15) is 22.4 Å². The van der Waals surface area contributed by atoms with Crippen molar-refractivity contribution in [2.45, 2.75) is 6.18 Å². The summed E-state index contributed by atoms with van der Waals surface area (Å²) in [7, 11) is 0. The van der Waals surface area contributed by atoms with Gasteiger partial charge in [0, 0.05) is 5.69 Å². The first-order chi connectivity index (χ1) is 10.7. The predicted octanol–water partition coefficient (Wildman–Crippen LogP) is 3.68. The minimum absolute atomic E-state index is 0.0831. The molecule has 3 N–H and O–H groups in total. The number of carbonyl (C=O) groups is 1. The number of carbonyl (C=O) groups excluding carboxylic acids is 1. The van der Waals surface area contributed by atoms with Crippen molar-refractivity contribution in [1.29, 1.82) is 0 Å². The molecule has 0 aliphatic carbocycles. The van der Waals surface area contributed by atoms with Crippen LogP contribution in [0.15, 0.2) is 42.5 Å². The topological polar surface area (TPSA) is 72.8 Å². The number of benzene rings is 2. The van der Waals surface area contributed by atoms with E-state index < -0.39 is 39.9 Å². The van der Waals surface area contributed by atoms with Gasteiger partial charge in [-0.2, -0.15) is 13.2 Å². The predicted molar refractivity (Wildman–Crippen MR) is 71.8 cm³/mol. The van der Waals surface area contributed by atoms with E-state index >= 15 is 0 Å². The van der Waals surface area contributed by atoms with Crippen LogP contribution in [0.4, 0.5) is 28.9 Å². The average molecular weight is 330 g/mol. The number of hydrogen-bond acceptors (Lipinski definition) is 4. The summed E-state index contributed by atoms with van der Waals surface area (Å²) in [5.41, 5.74) is -2.41. The Morgan fingerprint density at radius 2 is 1.65 bits per heavy atom. The van der Waals surface area contributed by atoms with Gasteiger partial charge in [0.05, 0.1) is 16.8 Å². The van der Waals surface area contributed by atoms with Crippen LogP contribution >= 0.6 is 0 Å². The van der Waals surface area contributed by atoms with Gasteiger partial charge in [-0.25, -0.2) is 4.39 Å². The minimum Gasteiger partial charge on any atom is -0.322 e. The molecule has 2 aromatic carbocycles. The van der Waals surface area contributed by atoms with Gasteiger partial charge in [0.15, 0.2) is 0 Å². The minimum atomic E-state index is -4.82. The van der Waals surface area contributed by atoms with E-state index in [1.807, 2.05) is 0 Å². The Labute approximate surface area is 127 Å². The average Bonchev–Trinajstić information content (AvgIpc) is 2.48. The molecule has 0 radical (unpaired) electrons. The third-order valence-electron chi connectivity index (χ3n) is 2.89. The summed E-state index contributed by atoms with van der Waals surface area (Å²) in [4.78, 5) is 12.1. The standard InChI is InChI=1S/C14H10F4N2O3/c15-8-1-3-9(4-2-8)19-13(21)11-7-10(20(22)23)5-6-12(11)14(16,17)18/h1-7,22-23H,(H,19,21). The first-order valence-corrected chi connectivity index (χ1v) is 6.14. The molecule has 23 heavy (non-hydrogen) atoms. The van der Waals surface area contributed by atoms with Crippen molar-refractivity contribution < 1.29 is 32.8 Å². The summed E-state index contributed by atoms with van der Waals surface area (Å²) in [6, 6.07) is 6.41. The highest BCUT2D eigenvalue weighted by atomic mass is 19.4. The van der Waals surface area contributed by atoms with Crippen LogP contribution in [0, 0.1) is 5.82 Å². The molecule has 0 bridgehead atoms. The van der Waals surface area contributed by atoms with Gasteiger partial charge in [-0.3, -0.25) is 15.2 Å². The van der Waals surface area contributed by atoms with Crippen LogP contribution in [0.5, 0.6) is 0 Å². The Morgan fingerprint density at radius 3 is 2.17 bits per heavy atom. The maximum atomic E-state index is 13.0. The molecule has 0 aliphatic heterocycles. The molecule has 0 atom stereocenters. The molecule has 2 aromatic rings. The lowest BCUT2D eigenvalue weighted by Gasteiger charge is -2.16. The zero-order valence-electron chi connectivity index (χ0n) is 11.3. The van der Waals surface area contributed by atoms with Crippen LogP contribution < -0.4 is 10.5 Å². The molecule has 1 amide bonds. The van der Waals surface area contributed by atoms with Gasteiger partial charge >= 0.3 is 6.18 Å². The molecule has 0 fully saturated rings. The monoisotopic (exact) mass is 330 g/mol. The summed E-state index contributed by atoms with van der Waals surface area (Å²) < 4.78 is 51.7. The maximum absolute atomic E-state index is 13.0. The summed E-state index contributed by atoms with van der Waals surface area (Å²) in [6.45, 7) is 0. The Bertz CT molecular complexity index is 715. The van der Waals surface area contributed by atoms with E-state index in [1.165, 1.54) is 12.1 Å². The summed E-state index contributed by atoms with van der Waals surface area (Å²) in [5, 5.41) is 19.5. The fourth-order valence-electron chi connectivity index (χ4n) is 1.82. The van der Waals surface area contributed by atoms with Crippen molar-refractivity contribution in [2.75, 3.05) is 10.5 Å². The number of hydrogen-bond donors (Lipinski definition) is 3. The molecule has 0 heterocycles. The highest BCUT2D eigenvalue weighted by Gasteiger charge is 2.35. The molecule has 2 rings (SSSR count). The van der Waals surface area contributed by atoms with Crippen molar-refractivity contribution in [2.24, 2.45) is 0 Å². The van der Waals surface area contributed by atoms with Gasteiger partial charge in [0.25, 0.3) is 5.91 Å². The van der Waals surface area contributed by atoms with Crippen LogP contribution in [0.2, 0.25) is 0 Å². The number of rotatable bonds is 3. The fourth-order valence-corrected chi connectivity index (χ4v) is 1.82. The molecule has 5 nitrogen and oxygen atoms in total. The molecule has 0 aromatic heterocycles. The van der Waals surface area contributed by atoms with Gasteiger partial charge in [-0.1, -0.05) is 0 Å². The first-order valence-electron chi connectivity index (χ1n) is 6.14. The highest BCUT2D eigenvalue weighted by molar-refractivity contribution is 6.06. The van der Waals surface area contributed by atoms with E-state index in [-0.39, 0.29) is 5.69 Å². The van der Waals surface area contributed by atoms with Crippen molar-refractivity contribution >= 4 is 17.3 Å². The zero-order valence-corrected chi connectivity index (χ0v) is 11.3. The van der Waals surface area contributed by atoms with Crippen LogP contribution in [-0.4, -0.2) is 16.3 Å². The van der Waals surface area contributed by atoms with Crippen molar-refractivity contribution in [3.8, 4) is 0 Å². The second-order valence-electron chi connectivity index (χ2n) is 4.48. The lowest BCUT2D eigenvalue weighted by molar-refractivity contribution is -0.137. The van der Waals surface area contributed by atoms with Gasteiger partial charge < -0.3 is 5.32 Å². The molecule has 0 aliphatic rings. The lowest BCUT2D eigenvalue weighted by atomic mass is 10.0. The largest absolute Gasteiger partial charge is 0.417 e. The van der Waals surface area contributed by atoms with Crippen LogP contribution in [0.25, 0.3) is 0 Å². The van der Waals surface area contributed by atoms with Crippen molar-refractivity contribution in [1.82, 2.24) is 0 Å². The number of nitrogens with one attached hydrogen (secondary N) is 1. The fraction of sp³-hybridized carbons (Fsp3) is 0.0714. The maximum Gasteiger partial charge on any atom is 0.417 e. The lowest BCUT2D eigenvalue weighted by Crippen LogP contribution is -2.20. The molecular weight excluding hydrogens is 320 g/mol. The Kier molecular flexibility index (Phi) is 4.52. The third kappa shape index (κ3) is 3.96. The van der Waals surface area contributed by atoms with E-state index in [1.54, 1.807) is 0 Å². The SMILES string of the molecule is O=C(Nc1ccc(F)cc1)c1cc(N(O)O)ccc1C(F)(F)F. The number of nitrogens with zero attached hydrogens (tertiary/aromatic N) is 1. The molecular formula is C14H10F4N2O3. The molecule has 0 saturated heterocycles. The zero-order chi connectivity index (χ0) is 17.2. The van der Waals surface area contributed by atoms with Gasteiger partial charge in [0.2, 0.25) is 0 Å².